The molecule has 6 heteroatoms. The average Bonchev–Trinajstić information content (AvgIpc) is 2.27. The van der Waals surface area contributed by atoms with Crippen LogP contribution in [-0.2, 0) is 0 Å². The molecule has 78 valence electrons. The quantitative estimate of drug-likeness (QED) is 0.392. The first-order chi connectivity index (χ1) is 7.24. The number of pyridine rings is 1. The number of azo groups is 1. The summed E-state index contributed by atoms with van der Waals surface area (Å²) in [7, 11) is 0. The van der Waals surface area contributed by atoms with E-state index in [1.165, 1.54) is 0 Å². The second-order valence-corrected chi connectivity index (χ2v) is 2.68. The second-order valence-electron chi connectivity index (χ2n) is 2.68. The maximum absolute atomic E-state index is 8.51. The zero-order chi connectivity index (χ0) is 11.1. The van der Waals surface area contributed by atoms with Crippen molar-refractivity contribution in [3.63, 3.8) is 0 Å². The fourth-order valence-electron chi connectivity index (χ4n) is 0.820. The van der Waals surface area contributed by atoms with Crippen LogP contribution in [0.15, 0.2) is 34.6 Å². The van der Waals surface area contributed by atoms with Crippen LogP contribution in [0.3, 0.4) is 0 Å². The van der Waals surface area contributed by atoms with E-state index < -0.39 is 0 Å². The van der Waals surface area contributed by atoms with Gasteiger partial charge in [-0.2, -0.15) is 0 Å². The van der Waals surface area contributed by atoms with Crippen LogP contribution in [-0.4, -0.2) is 28.4 Å². The van der Waals surface area contributed by atoms with Gasteiger partial charge in [-0.25, -0.2) is 0 Å². The lowest BCUT2D eigenvalue weighted by molar-refractivity contribution is 0.306. The number of hydrogen-bond donors (Lipinski definition) is 3. The van der Waals surface area contributed by atoms with Crippen LogP contribution in [0, 0.1) is 10.8 Å². The Kier molecular flexibility index (Phi) is 4.24. The normalized spacial score (nSPS) is 10.5. The van der Waals surface area contributed by atoms with Crippen molar-refractivity contribution in [3.8, 4) is 0 Å². The van der Waals surface area contributed by atoms with Gasteiger partial charge in [0.05, 0.1) is 6.61 Å². The van der Waals surface area contributed by atoms with Crippen LogP contribution in [0.1, 0.15) is 12.1 Å². The van der Waals surface area contributed by atoms with Crippen LogP contribution >= 0.6 is 0 Å². The van der Waals surface area contributed by atoms with Crippen molar-refractivity contribution in [1.29, 1.82) is 10.8 Å². The van der Waals surface area contributed by atoms with Gasteiger partial charge in [0.25, 0.3) is 0 Å². The van der Waals surface area contributed by atoms with Gasteiger partial charge in [0, 0.05) is 12.6 Å². The number of aromatic nitrogens is 1. The highest BCUT2D eigenvalue weighted by Gasteiger charge is 2.00. The standard InChI is InChI=1S/C9H11N5O/c10-8(4-6-15)13-14-9(11)7-3-1-2-5-12-7/h1-3,5,10-11,15H,4,6H2. The summed E-state index contributed by atoms with van der Waals surface area (Å²) in [4.78, 5) is 3.90. The first-order valence-electron chi connectivity index (χ1n) is 4.34. The molecule has 0 aliphatic heterocycles. The Hall–Kier alpha value is -1.95. The van der Waals surface area contributed by atoms with Crippen LogP contribution < -0.4 is 0 Å². The predicted molar refractivity (Wildman–Crippen MR) is 55.4 cm³/mol. The Balaban J connectivity index is 2.60. The summed E-state index contributed by atoms with van der Waals surface area (Å²) in [5.41, 5.74) is 0.401. The third kappa shape index (κ3) is 3.74. The fourth-order valence-corrected chi connectivity index (χ4v) is 0.820. The fraction of sp³-hybridized carbons (Fsp3) is 0.222. The Morgan fingerprint density at radius 3 is 2.73 bits per heavy atom. The molecule has 1 aromatic rings. The Morgan fingerprint density at radius 2 is 2.13 bits per heavy atom. The molecular formula is C9H11N5O. The molecule has 0 saturated carbocycles. The van der Waals surface area contributed by atoms with E-state index >= 15 is 0 Å². The molecule has 0 aliphatic rings. The first kappa shape index (κ1) is 11.1. The second kappa shape index (κ2) is 5.71. The Morgan fingerprint density at radius 1 is 1.33 bits per heavy atom. The van der Waals surface area contributed by atoms with Crippen molar-refractivity contribution < 1.29 is 5.11 Å². The summed E-state index contributed by atoms with van der Waals surface area (Å²) in [5, 5.41) is 30.2. The van der Waals surface area contributed by atoms with E-state index in [4.69, 9.17) is 15.9 Å². The molecule has 1 heterocycles. The van der Waals surface area contributed by atoms with Crippen molar-refractivity contribution in [1.82, 2.24) is 4.98 Å². The molecule has 0 bridgehead atoms. The molecule has 1 aromatic heterocycles. The molecule has 0 aromatic carbocycles. The largest absolute Gasteiger partial charge is 0.396 e. The number of aliphatic hydroxyl groups excluding tert-OH is 1. The summed E-state index contributed by atoms with van der Waals surface area (Å²) >= 11 is 0. The number of nitrogens with one attached hydrogen (secondary N) is 2. The molecule has 0 fully saturated rings. The van der Waals surface area contributed by atoms with E-state index in [-0.39, 0.29) is 24.7 Å². The third-order valence-electron chi connectivity index (χ3n) is 1.53. The number of hydrogen-bond acceptors (Lipinski definition) is 4. The summed E-state index contributed by atoms with van der Waals surface area (Å²) in [5.74, 6) is -0.156. The van der Waals surface area contributed by atoms with Gasteiger partial charge in [-0.15, -0.1) is 10.2 Å². The van der Waals surface area contributed by atoms with Crippen molar-refractivity contribution in [2.45, 2.75) is 6.42 Å². The zero-order valence-electron chi connectivity index (χ0n) is 8.01. The van der Waals surface area contributed by atoms with E-state index in [0.717, 1.165) is 0 Å². The molecule has 0 aliphatic carbocycles. The maximum atomic E-state index is 8.51. The average molecular weight is 205 g/mol. The molecule has 3 N–H and O–H groups in total. The van der Waals surface area contributed by atoms with Gasteiger partial charge in [-0.05, 0) is 12.1 Å². The van der Waals surface area contributed by atoms with Gasteiger partial charge >= 0.3 is 0 Å². The Labute approximate surface area is 86.7 Å². The van der Waals surface area contributed by atoms with E-state index in [9.17, 15) is 0 Å². The van der Waals surface area contributed by atoms with Crippen molar-refractivity contribution in [3.05, 3.63) is 30.1 Å². The molecule has 0 amide bonds. The van der Waals surface area contributed by atoms with Gasteiger partial charge in [0.1, 0.15) is 11.5 Å². The van der Waals surface area contributed by atoms with E-state index in [1.54, 1.807) is 24.4 Å². The predicted octanol–water partition coefficient (Wildman–Crippen LogP) is 1.22. The minimum Gasteiger partial charge on any atom is -0.396 e. The lowest BCUT2D eigenvalue weighted by Gasteiger charge is -1.95. The number of nitrogens with zero attached hydrogens (tertiary/aromatic N) is 3. The molecule has 0 atom stereocenters. The molecule has 0 unspecified atom stereocenters. The highest BCUT2D eigenvalue weighted by atomic mass is 16.3. The summed E-state index contributed by atoms with van der Waals surface area (Å²) in [6.07, 6.45) is 1.69. The molecule has 0 spiro atoms. The lowest BCUT2D eigenvalue weighted by atomic mass is 10.3. The number of aliphatic hydroxyl groups is 1. The van der Waals surface area contributed by atoms with Gasteiger partial charge in [-0.3, -0.25) is 15.8 Å². The highest BCUT2D eigenvalue weighted by molar-refractivity contribution is 5.95. The molecule has 1 rings (SSSR count). The molecule has 0 saturated heterocycles. The SMILES string of the molecule is N=C(CCO)N=NC(=N)c1ccccn1. The zero-order valence-corrected chi connectivity index (χ0v) is 8.01. The van der Waals surface area contributed by atoms with Crippen LogP contribution in [0.2, 0.25) is 0 Å². The van der Waals surface area contributed by atoms with Gasteiger partial charge < -0.3 is 5.11 Å². The summed E-state index contributed by atoms with van der Waals surface area (Å²) < 4.78 is 0. The maximum Gasteiger partial charge on any atom is 0.193 e. The van der Waals surface area contributed by atoms with Crippen molar-refractivity contribution in [2.24, 2.45) is 10.2 Å². The molecule has 15 heavy (non-hydrogen) atoms. The van der Waals surface area contributed by atoms with E-state index in [0.29, 0.717) is 5.69 Å². The number of rotatable bonds is 3. The van der Waals surface area contributed by atoms with E-state index in [1.807, 2.05) is 0 Å². The topological polar surface area (TPSA) is 106 Å². The minimum absolute atomic E-state index is 0.0572. The smallest absolute Gasteiger partial charge is 0.193 e. The lowest BCUT2D eigenvalue weighted by Crippen LogP contribution is -1.99. The highest BCUT2D eigenvalue weighted by Crippen LogP contribution is 1.97. The molecule has 0 radical (unpaired) electrons. The van der Waals surface area contributed by atoms with Crippen molar-refractivity contribution in [2.75, 3.05) is 6.61 Å². The van der Waals surface area contributed by atoms with Gasteiger partial charge in [-0.1, -0.05) is 6.07 Å². The van der Waals surface area contributed by atoms with Gasteiger partial charge in [0.2, 0.25) is 0 Å². The molecule has 6 nitrogen and oxygen atoms in total. The minimum atomic E-state index is -0.144. The first-order valence-corrected chi connectivity index (χ1v) is 4.34. The van der Waals surface area contributed by atoms with Crippen LogP contribution in [0.4, 0.5) is 0 Å². The summed E-state index contributed by atoms with van der Waals surface area (Å²) in [6, 6.07) is 5.12. The van der Waals surface area contributed by atoms with Gasteiger partial charge in [0.15, 0.2) is 5.84 Å². The molecular weight excluding hydrogens is 194 g/mol. The monoisotopic (exact) mass is 205 g/mol. The third-order valence-corrected chi connectivity index (χ3v) is 1.53. The summed E-state index contributed by atoms with van der Waals surface area (Å²) in [6.45, 7) is -0.144. The number of amidine groups is 2. The van der Waals surface area contributed by atoms with Crippen LogP contribution in [0.5, 0.6) is 0 Å². The Bertz CT molecular complexity index is 373. The van der Waals surface area contributed by atoms with Crippen LogP contribution in [0.25, 0.3) is 0 Å². The van der Waals surface area contributed by atoms with Crippen molar-refractivity contribution >= 4 is 11.7 Å². The van der Waals surface area contributed by atoms with E-state index in [2.05, 4.69) is 15.2 Å².